The minimum Gasteiger partial charge on any atom is -0.497 e. The van der Waals surface area contributed by atoms with Crippen LogP contribution in [0.4, 0.5) is 0 Å². The number of nitrogens with two attached hydrogens (primary N) is 1. The Bertz CT molecular complexity index is 578. The van der Waals surface area contributed by atoms with E-state index < -0.39 is 0 Å². The molecule has 0 amide bonds. The van der Waals surface area contributed by atoms with E-state index in [0.717, 1.165) is 29.9 Å². The van der Waals surface area contributed by atoms with Crippen LogP contribution in [0.2, 0.25) is 0 Å². The summed E-state index contributed by atoms with van der Waals surface area (Å²) in [7, 11) is 3.30. The van der Waals surface area contributed by atoms with Crippen LogP contribution in [0, 0.1) is 0 Å². The Labute approximate surface area is 126 Å². The largest absolute Gasteiger partial charge is 0.497 e. The van der Waals surface area contributed by atoms with Gasteiger partial charge in [0.25, 0.3) is 0 Å². The molecule has 112 valence electrons. The normalized spacial score (nSPS) is 12.0. The van der Waals surface area contributed by atoms with Crippen molar-refractivity contribution in [1.82, 2.24) is 0 Å². The summed E-state index contributed by atoms with van der Waals surface area (Å²) in [6.45, 7) is 2.16. The van der Waals surface area contributed by atoms with Gasteiger partial charge in [0.05, 0.1) is 14.2 Å². The van der Waals surface area contributed by atoms with Gasteiger partial charge in [0.1, 0.15) is 11.5 Å². The monoisotopic (exact) mass is 285 g/mol. The standard InChI is InChI=1S/C18H23NO2/c1-4-13-5-7-14(8-6-13)11-17(19)16-10-9-15(20-2)12-18(16)21-3/h5-10,12,17H,4,11,19H2,1-3H3. The third-order valence-electron chi connectivity index (χ3n) is 3.73. The van der Waals surface area contributed by atoms with Crippen LogP contribution in [0.3, 0.4) is 0 Å². The summed E-state index contributed by atoms with van der Waals surface area (Å²) < 4.78 is 10.6. The Morgan fingerprint density at radius 3 is 2.19 bits per heavy atom. The molecule has 0 aliphatic heterocycles. The molecule has 0 aliphatic carbocycles. The van der Waals surface area contributed by atoms with Crippen LogP contribution in [0.1, 0.15) is 29.7 Å². The summed E-state index contributed by atoms with van der Waals surface area (Å²) in [5.41, 5.74) is 9.92. The Balaban J connectivity index is 2.17. The average Bonchev–Trinajstić information content (AvgIpc) is 2.54. The molecule has 0 saturated heterocycles. The van der Waals surface area contributed by atoms with Gasteiger partial charge in [0.2, 0.25) is 0 Å². The summed E-state index contributed by atoms with van der Waals surface area (Å²) in [5, 5.41) is 0. The lowest BCUT2D eigenvalue weighted by atomic mass is 9.97. The molecular formula is C18H23NO2. The van der Waals surface area contributed by atoms with E-state index in [1.54, 1.807) is 14.2 Å². The Hall–Kier alpha value is -2.00. The van der Waals surface area contributed by atoms with Gasteiger partial charge in [0.15, 0.2) is 0 Å². The molecule has 0 aliphatic rings. The van der Waals surface area contributed by atoms with Gasteiger partial charge in [0, 0.05) is 17.7 Å². The summed E-state index contributed by atoms with van der Waals surface area (Å²) in [4.78, 5) is 0. The highest BCUT2D eigenvalue weighted by molar-refractivity contribution is 5.43. The molecule has 2 rings (SSSR count). The zero-order chi connectivity index (χ0) is 15.2. The van der Waals surface area contributed by atoms with Crippen LogP contribution in [0.5, 0.6) is 11.5 Å². The molecule has 3 nitrogen and oxygen atoms in total. The molecule has 0 spiro atoms. The van der Waals surface area contributed by atoms with Crippen molar-refractivity contribution in [2.75, 3.05) is 14.2 Å². The third kappa shape index (κ3) is 3.76. The highest BCUT2D eigenvalue weighted by atomic mass is 16.5. The Morgan fingerprint density at radius 1 is 0.952 bits per heavy atom. The van der Waals surface area contributed by atoms with E-state index in [2.05, 4.69) is 31.2 Å². The molecule has 2 N–H and O–H groups in total. The zero-order valence-electron chi connectivity index (χ0n) is 12.9. The fourth-order valence-corrected chi connectivity index (χ4v) is 2.40. The number of hydrogen-bond donors (Lipinski definition) is 1. The minimum atomic E-state index is -0.0988. The highest BCUT2D eigenvalue weighted by Crippen LogP contribution is 2.30. The minimum absolute atomic E-state index is 0.0988. The fourth-order valence-electron chi connectivity index (χ4n) is 2.40. The van der Waals surface area contributed by atoms with Crippen molar-refractivity contribution in [3.05, 3.63) is 59.2 Å². The first-order valence-electron chi connectivity index (χ1n) is 7.23. The second-order valence-electron chi connectivity index (χ2n) is 5.09. The van der Waals surface area contributed by atoms with Crippen LogP contribution in [-0.2, 0) is 12.8 Å². The summed E-state index contributed by atoms with van der Waals surface area (Å²) in [6, 6.07) is 14.3. The maximum atomic E-state index is 6.34. The SMILES string of the molecule is CCc1ccc(CC(N)c2ccc(OC)cc2OC)cc1. The van der Waals surface area contributed by atoms with E-state index in [9.17, 15) is 0 Å². The maximum Gasteiger partial charge on any atom is 0.127 e. The molecule has 1 atom stereocenters. The van der Waals surface area contributed by atoms with Crippen molar-refractivity contribution < 1.29 is 9.47 Å². The summed E-state index contributed by atoms with van der Waals surface area (Å²) >= 11 is 0. The van der Waals surface area contributed by atoms with E-state index >= 15 is 0 Å². The molecular weight excluding hydrogens is 262 g/mol. The maximum absolute atomic E-state index is 6.34. The van der Waals surface area contributed by atoms with Gasteiger partial charge in [-0.3, -0.25) is 0 Å². The zero-order valence-corrected chi connectivity index (χ0v) is 12.9. The molecule has 0 heterocycles. The van der Waals surface area contributed by atoms with E-state index in [-0.39, 0.29) is 6.04 Å². The van der Waals surface area contributed by atoms with Gasteiger partial charge >= 0.3 is 0 Å². The van der Waals surface area contributed by atoms with Crippen LogP contribution in [-0.4, -0.2) is 14.2 Å². The second-order valence-corrected chi connectivity index (χ2v) is 5.09. The highest BCUT2D eigenvalue weighted by Gasteiger charge is 2.13. The quantitative estimate of drug-likeness (QED) is 0.883. The number of ether oxygens (including phenoxy) is 2. The first-order chi connectivity index (χ1) is 10.2. The lowest BCUT2D eigenvalue weighted by Gasteiger charge is -2.17. The molecule has 0 radical (unpaired) electrons. The molecule has 21 heavy (non-hydrogen) atoms. The lowest BCUT2D eigenvalue weighted by Crippen LogP contribution is -2.14. The van der Waals surface area contributed by atoms with Crippen LogP contribution >= 0.6 is 0 Å². The Morgan fingerprint density at radius 2 is 1.62 bits per heavy atom. The predicted octanol–water partition coefficient (Wildman–Crippen LogP) is 3.51. The van der Waals surface area contributed by atoms with E-state index in [4.69, 9.17) is 15.2 Å². The number of aryl methyl sites for hydroxylation is 1. The predicted molar refractivity (Wildman–Crippen MR) is 86.0 cm³/mol. The topological polar surface area (TPSA) is 44.5 Å². The van der Waals surface area contributed by atoms with Crippen LogP contribution in [0.15, 0.2) is 42.5 Å². The van der Waals surface area contributed by atoms with Gasteiger partial charge in [-0.25, -0.2) is 0 Å². The molecule has 2 aromatic rings. The second kappa shape index (κ2) is 7.14. The third-order valence-corrected chi connectivity index (χ3v) is 3.73. The summed E-state index contributed by atoms with van der Waals surface area (Å²) in [6.07, 6.45) is 1.84. The van der Waals surface area contributed by atoms with Crippen molar-refractivity contribution in [2.45, 2.75) is 25.8 Å². The van der Waals surface area contributed by atoms with Crippen molar-refractivity contribution in [3.63, 3.8) is 0 Å². The number of rotatable bonds is 6. The Kier molecular flexibility index (Phi) is 5.23. The molecule has 0 saturated carbocycles. The van der Waals surface area contributed by atoms with E-state index in [1.807, 2.05) is 18.2 Å². The first-order valence-corrected chi connectivity index (χ1v) is 7.23. The van der Waals surface area contributed by atoms with Gasteiger partial charge in [-0.05, 0) is 30.0 Å². The lowest BCUT2D eigenvalue weighted by molar-refractivity contribution is 0.388. The molecule has 0 bridgehead atoms. The van der Waals surface area contributed by atoms with Gasteiger partial charge in [-0.1, -0.05) is 37.3 Å². The average molecular weight is 285 g/mol. The molecule has 2 aromatic carbocycles. The molecule has 3 heteroatoms. The summed E-state index contributed by atoms with van der Waals surface area (Å²) in [5.74, 6) is 1.54. The smallest absolute Gasteiger partial charge is 0.127 e. The van der Waals surface area contributed by atoms with Crippen molar-refractivity contribution >= 4 is 0 Å². The van der Waals surface area contributed by atoms with Crippen molar-refractivity contribution in [1.29, 1.82) is 0 Å². The van der Waals surface area contributed by atoms with Gasteiger partial charge < -0.3 is 15.2 Å². The van der Waals surface area contributed by atoms with E-state index in [1.165, 1.54) is 11.1 Å². The van der Waals surface area contributed by atoms with Crippen molar-refractivity contribution in [3.8, 4) is 11.5 Å². The van der Waals surface area contributed by atoms with Gasteiger partial charge in [-0.15, -0.1) is 0 Å². The van der Waals surface area contributed by atoms with Crippen LogP contribution < -0.4 is 15.2 Å². The molecule has 1 unspecified atom stereocenters. The first kappa shape index (κ1) is 15.4. The van der Waals surface area contributed by atoms with Gasteiger partial charge in [-0.2, -0.15) is 0 Å². The molecule has 0 fully saturated rings. The number of hydrogen-bond acceptors (Lipinski definition) is 3. The van der Waals surface area contributed by atoms with Crippen molar-refractivity contribution in [2.24, 2.45) is 5.73 Å². The van der Waals surface area contributed by atoms with E-state index in [0.29, 0.717) is 0 Å². The van der Waals surface area contributed by atoms with Crippen LogP contribution in [0.25, 0.3) is 0 Å². The molecule has 0 aromatic heterocycles. The fraction of sp³-hybridized carbons (Fsp3) is 0.333. The number of methoxy groups -OCH3 is 2. The number of benzene rings is 2.